The van der Waals surface area contributed by atoms with Gasteiger partial charge in [-0.25, -0.2) is 9.59 Å². The summed E-state index contributed by atoms with van der Waals surface area (Å²) in [7, 11) is 1.24. The number of methoxy groups -OCH3 is 1. The van der Waals surface area contributed by atoms with Crippen molar-refractivity contribution in [2.75, 3.05) is 13.7 Å². The van der Waals surface area contributed by atoms with Crippen molar-refractivity contribution in [3.05, 3.63) is 62.7 Å². The fraction of sp³-hybridized carbons (Fsp3) is 0.348. The lowest BCUT2D eigenvalue weighted by Gasteiger charge is -2.11. The van der Waals surface area contributed by atoms with Gasteiger partial charge in [-0.05, 0) is 43.5 Å². The Kier molecular flexibility index (Phi) is 9.69. The highest BCUT2D eigenvalue weighted by molar-refractivity contribution is 7.14. The number of carbonyl (C=O) groups is 2. The Balaban J connectivity index is 2.08. The fourth-order valence-corrected chi connectivity index (χ4v) is 3.69. The van der Waals surface area contributed by atoms with Crippen molar-refractivity contribution < 1.29 is 41.8 Å². The van der Waals surface area contributed by atoms with Gasteiger partial charge in [0.2, 0.25) is 0 Å². The number of aromatic hydroxyl groups is 1. The smallest absolute Gasteiger partial charge is 0.422 e. The molecule has 0 aliphatic carbocycles. The third kappa shape index (κ3) is 8.63. The number of thiophene rings is 1. The van der Waals surface area contributed by atoms with Crippen molar-refractivity contribution in [3.8, 4) is 10.8 Å². The van der Waals surface area contributed by atoms with E-state index in [1.807, 2.05) is 0 Å². The van der Waals surface area contributed by atoms with Crippen LogP contribution >= 0.6 is 11.3 Å². The molecule has 0 aliphatic rings. The van der Waals surface area contributed by atoms with Crippen molar-refractivity contribution in [1.29, 1.82) is 0 Å². The molecular formula is C23H24F3NO7S. The molecule has 2 rings (SSSR count). The van der Waals surface area contributed by atoms with E-state index in [4.69, 9.17) is 4.42 Å². The number of alkyl carbamates (subject to hydrolysis) is 1. The quantitative estimate of drug-likeness (QED) is 0.322. The molecule has 12 heteroatoms. The number of amides is 1. The van der Waals surface area contributed by atoms with Crippen molar-refractivity contribution in [1.82, 2.24) is 5.32 Å². The van der Waals surface area contributed by atoms with Crippen LogP contribution in [0.2, 0.25) is 0 Å². The number of ether oxygens (including phenoxy) is 2. The second-order valence-electron chi connectivity index (χ2n) is 7.43. The third-order valence-electron chi connectivity index (χ3n) is 4.63. The zero-order chi connectivity index (χ0) is 26.2. The minimum Gasteiger partial charge on any atom is -0.507 e. The van der Waals surface area contributed by atoms with Crippen molar-refractivity contribution in [3.63, 3.8) is 0 Å². The molecule has 0 radical (unpaired) electrons. The molecule has 1 atom stereocenters. The first-order chi connectivity index (χ1) is 16.4. The Morgan fingerprint density at radius 2 is 2.03 bits per heavy atom. The summed E-state index contributed by atoms with van der Waals surface area (Å²) >= 11 is 0.892. The van der Waals surface area contributed by atoms with Gasteiger partial charge in [0.1, 0.15) is 17.1 Å². The lowest BCUT2D eigenvalue weighted by atomic mass is 10.00. The van der Waals surface area contributed by atoms with E-state index >= 15 is 0 Å². The van der Waals surface area contributed by atoms with E-state index in [2.05, 4.69) is 14.8 Å². The first-order valence-electron chi connectivity index (χ1n) is 10.3. The van der Waals surface area contributed by atoms with Gasteiger partial charge in [-0.3, -0.25) is 10.1 Å². The summed E-state index contributed by atoms with van der Waals surface area (Å²) in [6.07, 6.45) is 0.434. The number of allylic oxidation sites excluding steroid dienone is 2. The number of hydrogen-bond donors (Lipinski definition) is 2. The van der Waals surface area contributed by atoms with Gasteiger partial charge >= 0.3 is 17.9 Å². The number of ketones is 1. The molecule has 0 saturated heterocycles. The molecule has 8 nitrogen and oxygen atoms in total. The summed E-state index contributed by atoms with van der Waals surface area (Å²) < 4.78 is 51.2. The first-order valence-corrected chi connectivity index (χ1v) is 11.1. The lowest BCUT2D eigenvalue weighted by molar-refractivity contribution is -0.152. The maximum Gasteiger partial charge on any atom is 0.422 e. The maximum atomic E-state index is 12.7. The van der Waals surface area contributed by atoms with Crippen LogP contribution in [0.1, 0.15) is 53.6 Å². The Labute approximate surface area is 202 Å². The average Bonchev–Trinajstić information content (AvgIpc) is 3.23. The molecule has 0 spiro atoms. The van der Waals surface area contributed by atoms with Crippen LogP contribution in [0, 0.1) is 0 Å². The Morgan fingerprint density at radius 1 is 1.31 bits per heavy atom. The van der Waals surface area contributed by atoms with Crippen molar-refractivity contribution >= 4 is 29.3 Å². The number of Topliss-reactive ketones (excluding diaryl/α,β-unsaturated/α-hetero) is 1. The topological polar surface area (TPSA) is 115 Å². The predicted molar refractivity (Wildman–Crippen MR) is 123 cm³/mol. The lowest BCUT2D eigenvalue weighted by Crippen LogP contribution is -2.18. The third-order valence-corrected chi connectivity index (χ3v) is 5.58. The molecule has 0 bridgehead atoms. The molecule has 0 aliphatic heterocycles. The zero-order valence-corrected chi connectivity index (χ0v) is 19.9. The molecule has 190 valence electrons. The van der Waals surface area contributed by atoms with Crippen LogP contribution < -0.4 is 15.7 Å². The predicted octanol–water partition coefficient (Wildman–Crippen LogP) is 5.39. The van der Waals surface area contributed by atoms with Gasteiger partial charge in [0.05, 0.1) is 7.11 Å². The molecular weight excluding hydrogens is 491 g/mol. The SMILES string of the molecule is COC(=O)N/C=C/CCC(C)c1cc(O)c(C(=O)C(C)=Cc2ccc(OCC(F)(F)F)s2)c(=O)o1. The summed E-state index contributed by atoms with van der Waals surface area (Å²) in [5.74, 6) is -1.41. The van der Waals surface area contributed by atoms with Crippen LogP contribution in [0.15, 0.2) is 45.3 Å². The molecule has 2 aromatic heterocycles. The fourth-order valence-electron chi connectivity index (χ4n) is 2.83. The monoisotopic (exact) mass is 515 g/mol. The van der Waals surface area contributed by atoms with Crippen molar-refractivity contribution in [2.24, 2.45) is 0 Å². The summed E-state index contributed by atoms with van der Waals surface area (Å²) in [5.41, 5.74) is -1.48. The van der Waals surface area contributed by atoms with Gasteiger partial charge < -0.3 is 19.0 Å². The van der Waals surface area contributed by atoms with Gasteiger partial charge in [-0.15, -0.1) is 0 Å². The van der Waals surface area contributed by atoms with Crippen LogP contribution in [0.25, 0.3) is 6.08 Å². The molecule has 0 saturated carbocycles. The standard InChI is InChI=1S/C23H24F3NO7S/c1-13(6-4-5-9-27-22(31)32-3)17-11-16(28)19(21(30)34-17)20(29)14(2)10-15-7-8-18(35-15)33-12-23(24,25)26/h5,7-11,13,28H,4,6,12H2,1-3H3,(H,27,31)/b9-5+,14-10?. The highest BCUT2D eigenvalue weighted by atomic mass is 32.1. The molecule has 35 heavy (non-hydrogen) atoms. The van der Waals surface area contributed by atoms with Crippen LogP contribution in [0.5, 0.6) is 10.8 Å². The molecule has 2 N–H and O–H groups in total. The Bertz CT molecular complexity index is 1160. The number of hydrogen-bond acceptors (Lipinski definition) is 8. The molecule has 2 heterocycles. The van der Waals surface area contributed by atoms with E-state index in [1.165, 1.54) is 44.5 Å². The van der Waals surface area contributed by atoms with Crippen LogP contribution in [-0.4, -0.2) is 36.9 Å². The van der Waals surface area contributed by atoms with Gasteiger partial charge in [-0.1, -0.05) is 24.3 Å². The minimum absolute atomic E-state index is 0.0189. The van der Waals surface area contributed by atoms with E-state index in [1.54, 1.807) is 13.0 Å². The van der Waals surface area contributed by atoms with Crippen LogP contribution in [-0.2, 0) is 4.74 Å². The van der Waals surface area contributed by atoms with Gasteiger partial charge in [0, 0.05) is 23.1 Å². The summed E-state index contributed by atoms with van der Waals surface area (Å²) in [5, 5.41) is 12.7. The van der Waals surface area contributed by atoms with Crippen LogP contribution in [0.3, 0.4) is 0 Å². The first kappa shape index (κ1) is 27.7. The highest BCUT2D eigenvalue weighted by Gasteiger charge is 2.28. The highest BCUT2D eigenvalue weighted by Crippen LogP contribution is 2.30. The molecule has 0 fully saturated rings. The summed E-state index contributed by atoms with van der Waals surface area (Å²) in [6.45, 7) is 1.73. The number of alkyl halides is 3. The maximum absolute atomic E-state index is 12.7. The Hall–Kier alpha value is -3.54. The summed E-state index contributed by atoms with van der Waals surface area (Å²) in [6, 6.07) is 4.01. The van der Waals surface area contributed by atoms with Gasteiger partial charge in [0.25, 0.3) is 0 Å². The number of halogens is 3. The average molecular weight is 516 g/mol. The molecule has 1 amide bonds. The largest absolute Gasteiger partial charge is 0.507 e. The molecule has 0 aromatic carbocycles. The van der Waals surface area contributed by atoms with E-state index in [0.717, 1.165) is 11.3 Å². The number of carbonyl (C=O) groups excluding carboxylic acids is 2. The van der Waals surface area contributed by atoms with Gasteiger partial charge in [0.15, 0.2) is 17.5 Å². The Morgan fingerprint density at radius 3 is 2.66 bits per heavy atom. The van der Waals surface area contributed by atoms with Crippen molar-refractivity contribution in [2.45, 2.75) is 38.8 Å². The molecule has 1 unspecified atom stereocenters. The number of rotatable bonds is 10. The molecule has 2 aromatic rings. The minimum atomic E-state index is -4.47. The van der Waals surface area contributed by atoms with Gasteiger partial charge in [-0.2, -0.15) is 13.2 Å². The van der Waals surface area contributed by atoms with E-state index < -0.39 is 41.6 Å². The summed E-state index contributed by atoms with van der Waals surface area (Å²) in [4.78, 5) is 36.6. The second-order valence-corrected chi connectivity index (χ2v) is 8.51. The van der Waals surface area contributed by atoms with Crippen LogP contribution in [0.4, 0.5) is 18.0 Å². The van der Waals surface area contributed by atoms with E-state index in [-0.39, 0.29) is 22.3 Å². The zero-order valence-electron chi connectivity index (χ0n) is 19.1. The van der Waals surface area contributed by atoms with E-state index in [0.29, 0.717) is 17.7 Å². The van der Waals surface area contributed by atoms with E-state index in [9.17, 15) is 32.7 Å². The number of nitrogens with one attached hydrogen (secondary N) is 1. The normalized spacial score (nSPS) is 13.0. The second kappa shape index (κ2) is 12.2.